The third-order valence-corrected chi connectivity index (χ3v) is 2.73. The molecule has 0 saturated carbocycles. The van der Waals surface area contributed by atoms with E-state index in [-0.39, 0.29) is 12.3 Å². The van der Waals surface area contributed by atoms with Gasteiger partial charge in [0.15, 0.2) is 0 Å². The molecular weight excluding hydrogens is 256 g/mol. The summed E-state index contributed by atoms with van der Waals surface area (Å²) in [6.45, 7) is 1.81. The van der Waals surface area contributed by atoms with Crippen LogP contribution >= 0.6 is 0 Å². The first kappa shape index (κ1) is 13.6. The van der Waals surface area contributed by atoms with Crippen molar-refractivity contribution in [1.29, 1.82) is 5.26 Å². The van der Waals surface area contributed by atoms with Crippen molar-refractivity contribution in [2.45, 2.75) is 13.3 Å². The molecule has 1 N–H and O–H groups in total. The Kier molecular flexibility index (Phi) is 3.96. The van der Waals surface area contributed by atoms with Crippen LogP contribution in [-0.4, -0.2) is 16.1 Å². The van der Waals surface area contributed by atoms with E-state index in [1.165, 1.54) is 0 Å². The van der Waals surface area contributed by atoms with Gasteiger partial charge >= 0.3 is 5.97 Å². The van der Waals surface area contributed by atoms with Gasteiger partial charge < -0.3 is 9.84 Å². The van der Waals surface area contributed by atoms with Crippen LogP contribution in [0.15, 0.2) is 36.5 Å². The van der Waals surface area contributed by atoms with Gasteiger partial charge in [-0.3, -0.25) is 4.79 Å². The zero-order valence-corrected chi connectivity index (χ0v) is 10.8. The van der Waals surface area contributed by atoms with Crippen molar-refractivity contribution in [3.8, 4) is 17.7 Å². The first-order valence-corrected chi connectivity index (χ1v) is 5.94. The molecule has 1 heterocycles. The van der Waals surface area contributed by atoms with Crippen LogP contribution in [0.4, 0.5) is 0 Å². The number of hydrogen-bond donors (Lipinski definition) is 1. The van der Waals surface area contributed by atoms with E-state index in [0.717, 1.165) is 5.56 Å². The molecule has 20 heavy (non-hydrogen) atoms. The smallest absolute Gasteiger partial charge is 0.307 e. The Morgan fingerprint density at radius 3 is 2.65 bits per heavy atom. The van der Waals surface area contributed by atoms with Gasteiger partial charge in [-0.15, -0.1) is 0 Å². The van der Waals surface area contributed by atoms with E-state index in [1.54, 1.807) is 36.5 Å². The van der Waals surface area contributed by atoms with Gasteiger partial charge in [-0.05, 0) is 36.2 Å². The summed E-state index contributed by atoms with van der Waals surface area (Å²) in [7, 11) is 0. The lowest BCUT2D eigenvalue weighted by Gasteiger charge is -2.08. The minimum atomic E-state index is -0.884. The summed E-state index contributed by atoms with van der Waals surface area (Å²) in [6, 6.07) is 10.5. The highest BCUT2D eigenvalue weighted by molar-refractivity contribution is 5.70. The van der Waals surface area contributed by atoms with Crippen molar-refractivity contribution in [2.24, 2.45) is 0 Å². The molecule has 2 aromatic rings. The van der Waals surface area contributed by atoms with Crippen LogP contribution in [0.25, 0.3) is 0 Å². The summed E-state index contributed by atoms with van der Waals surface area (Å²) >= 11 is 0. The highest BCUT2D eigenvalue weighted by atomic mass is 16.5. The molecule has 0 aliphatic heterocycles. The van der Waals surface area contributed by atoms with Gasteiger partial charge in [-0.1, -0.05) is 12.1 Å². The number of aryl methyl sites for hydroxylation is 1. The van der Waals surface area contributed by atoms with Gasteiger partial charge in [-0.2, -0.15) is 5.26 Å². The summed E-state index contributed by atoms with van der Waals surface area (Å²) in [4.78, 5) is 14.6. The van der Waals surface area contributed by atoms with Gasteiger partial charge in [0.1, 0.15) is 17.4 Å². The van der Waals surface area contributed by atoms with Crippen molar-refractivity contribution in [3.63, 3.8) is 0 Å². The molecule has 0 aliphatic carbocycles. The predicted molar refractivity (Wildman–Crippen MR) is 71.5 cm³/mol. The molecule has 0 amide bonds. The zero-order valence-electron chi connectivity index (χ0n) is 10.8. The normalized spacial score (nSPS) is 9.80. The Bertz CT molecular complexity index is 673. The monoisotopic (exact) mass is 268 g/mol. The van der Waals surface area contributed by atoms with Crippen LogP contribution < -0.4 is 4.74 Å². The minimum Gasteiger partial charge on any atom is -0.481 e. The molecule has 0 fully saturated rings. The highest BCUT2D eigenvalue weighted by Crippen LogP contribution is 2.24. The molecule has 1 aromatic heterocycles. The van der Waals surface area contributed by atoms with Crippen LogP contribution in [0.3, 0.4) is 0 Å². The third kappa shape index (κ3) is 3.12. The number of pyridine rings is 1. The summed E-state index contributed by atoms with van der Waals surface area (Å²) < 4.78 is 5.56. The number of carbonyl (C=O) groups is 1. The van der Waals surface area contributed by atoms with E-state index in [4.69, 9.17) is 15.1 Å². The van der Waals surface area contributed by atoms with Gasteiger partial charge in [0, 0.05) is 6.20 Å². The Morgan fingerprint density at radius 2 is 2.05 bits per heavy atom. The number of nitriles is 1. The molecule has 0 aliphatic rings. The van der Waals surface area contributed by atoms with Crippen molar-refractivity contribution >= 4 is 5.97 Å². The Hall–Kier alpha value is -2.87. The van der Waals surface area contributed by atoms with Crippen LogP contribution in [-0.2, 0) is 11.2 Å². The van der Waals surface area contributed by atoms with Crippen LogP contribution in [0, 0.1) is 18.3 Å². The number of benzene rings is 1. The van der Waals surface area contributed by atoms with Crippen molar-refractivity contribution in [1.82, 2.24) is 4.98 Å². The first-order valence-electron chi connectivity index (χ1n) is 5.94. The number of rotatable bonds is 4. The van der Waals surface area contributed by atoms with E-state index in [9.17, 15) is 4.79 Å². The number of aliphatic carboxylic acids is 1. The second kappa shape index (κ2) is 5.85. The summed E-state index contributed by atoms with van der Waals surface area (Å²) in [6.07, 6.45) is 1.54. The molecule has 100 valence electrons. The van der Waals surface area contributed by atoms with Gasteiger partial charge in [0.05, 0.1) is 6.42 Å². The van der Waals surface area contributed by atoms with Gasteiger partial charge in [0.2, 0.25) is 5.88 Å². The van der Waals surface area contributed by atoms with E-state index < -0.39 is 5.97 Å². The summed E-state index contributed by atoms with van der Waals surface area (Å²) in [5, 5.41) is 17.8. The number of nitrogens with zero attached hydrogens (tertiary/aromatic N) is 2. The summed E-state index contributed by atoms with van der Waals surface area (Å²) in [5.74, 6) is -0.127. The predicted octanol–water partition coefficient (Wildman–Crippen LogP) is 2.68. The van der Waals surface area contributed by atoms with Crippen molar-refractivity contribution in [3.05, 3.63) is 53.2 Å². The lowest BCUT2D eigenvalue weighted by atomic mass is 10.1. The lowest BCUT2D eigenvalue weighted by Crippen LogP contribution is -1.99. The molecule has 5 nitrogen and oxygen atoms in total. The number of carboxylic acid groups (broad SMARTS) is 1. The number of carboxylic acids is 1. The average Bonchev–Trinajstić information content (AvgIpc) is 2.41. The second-order valence-electron chi connectivity index (χ2n) is 4.24. The third-order valence-electron chi connectivity index (χ3n) is 2.73. The average molecular weight is 268 g/mol. The molecule has 0 bridgehead atoms. The van der Waals surface area contributed by atoms with Crippen molar-refractivity contribution in [2.75, 3.05) is 0 Å². The maximum atomic E-state index is 10.6. The first-order chi connectivity index (χ1) is 9.60. The zero-order chi connectivity index (χ0) is 14.5. The SMILES string of the molecule is Cc1ccnc(Oc2ccc(CC(=O)O)cc2)c1C#N. The van der Waals surface area contributed by atoms with Crippen LogP contribution in [0.5, 0.6) is 11.6 Å². The quantitative estimate of drug-likeness (QED) is 0.921. The van der Waals surface area contributed by atoms with E-state index in [0.29, 0.717) is 16.9 Å². The Morgan fingerprint density at radius 1 is 1.35 bits per heavy atom. The fraction of sp³-hybridized carbons (Fsp3) is 0.133. The lowest BCUT2D eigenvalue weighted by molar-refractivity contribution is -0.136. The topological polar surface area (TPSA) is 83.2 Å². The molecule has 0 saturated heterocycles. The molecule has 1 aromatic carbocycles. The Labute approximate surface area is 116 Å². The molecule has 0 atom stereocenters. The van der Waals surface area contributed by atoms with E-state index in [2.05, 4.69) is 11.1 Å². The molecule has 0 unspecified atom stereocenters. The molecule has 0 spiro atoms. The Balaban J connectivity index is 2.21. The second-order valence-corrected chi connectivity index (χ2v) is 4.24. The van der Waals surface area contributed by atoms with E-state index >= 15 is 0 Å². The van der Waals surface area contributed by atoms with Gasteiger partial charge in [0.25, 0.3) is 0 Å². The summed E-state index contributed by atoms with van der Waals surface area (Å²) in [5.41, 5.74) is 1.87. The maximum Gasteiger partial charge on any atom is 0.307 e. The minimum absolute atomic E-state index is 0.0353. The van der Waals surface area contributed by atoms with Crippen molar-refractivity contribution < 1.29 is 14.6 Å². The fourth-order valence-electron chi connectivity index (χ4n) is 1.71. The molecule has 5 heteroatoms. The highest BCUT2D eigenvalue weighted by Gasteiger charge is 2.09. The van der Waals surface area contributed by atoms with E-state index in [1.807, 2.05) is 6.92 Å². The van der Waals surface area contributed by atoms with Crippen LogP contribution in [0.1, 0.15) is 16.7 Å². The molecule has 2 rings (SSSR count). The maximum absolute atomic E-state index is 10.6. The standard InChI is InChI=1S/C15H12N2O3/c1-10-6-7-17-15(13(10)9-16)20-12-4-2-11(3-5-12)8-14(18)19/h2-7H,8H2,1H3,(H,18,19). The number of ether oxygens (including phenoxy) is 1. The largest absolute Gasteiger partial charge is 0.481 e. The number of hydrogen-bond acceptors (Lipinski definition) is 4. The molecular formula is C15H12N2O3. The molecule has 0 radical (unpaired) electrons. The number of aromatic nitrogens is 1. The van der Waals surface area contributed by atoms with Gasteiger partial charge in [-0.25, -0.2) is 4.98 Å². The van der Waals surface area contributed by atoms with Crippen LogP contribution in [0.2, 0.25) is 0 Å². The fourth-order valence-corrected chi connectivity index (χ4v) is 1.71.